The second kappa shape index (κ2) is 4.83. The number of fused-ring (bicyclic) bond motifs is 1. The molecule has 1 aromatic carbocycles. The molecule has 0 amide bonds. The van der Waals surface area contributed by atoms with Gasteiger partial charge in [0.2, 0.25) is 0 Å². The summed E-state index contributed by atoms with van der Waals surface area (Å²) < 4.78 is 2.10. The summed E-state index contributed by atoms with van der Waals surface area (Å²) in [5.74, 6) is 1.73. The van der Waals surface area contributed by atoms with Crippen LogP contribution >= 0.6 is 0 Å². The summed E-state index contributed by atoms with van der Waals surface area (Å²) in [6.07, 6.45) is 3.18. The zero-order chi connectivity index (χ0) is 14.1. The number of nitrogens with zero attached hydrogens (tertiary/aromatic N) is 2. The first kappa shape index (κ1) is 12.5. The molecule has 2 aromatic heterocycles. The topological polar surface area (TPSA) is 50.7 Å². The molecule has 0 aliphatic carbocycles. The highest BCUT2D eigenvalue weighted by atomic mass is 16.1. The van der Waals surface area contributed by atoms with Gasteiger partial charge in [-0.3, -0.25) is 0 Å². The van der Waals surface area contributed by atoms with Gasteiger partial charge in [0.05, 0.1) is 17.9 Å². The average molecular weight is 265 g/mol. The summed E-state index contributed by atoms with van der Waals surface area (Å²) >= 11 is 0. The largest absolute Gasteiger partial charge is 0.348 e. The van der Waals surface area contributed by atoms with Crippen molar-refractivity contribution in [1.82, 2.24) is 14.5 Å². The van der Waals surface area contributed by atoms with Crippen molar-refractivity contribution in [2.75, 3.05) is 0 Å². The quantitative estimate of drug-likeness (QED) is 0.740. The molecule has 0 aliphatic heterocycles. The van der Waals surface area contributed by atoms with E-state index >= 15 is 0 Å². The Morgan fingerprint density at radius 1 is 1.40 bits per heavy atom. The number of nitrogens with one attached hydrogen (secondary N) is 1. The first-order valence-corrected chi connectivity index (χ1v) is 6.47. The van der Waals surface area contributed by atoms with E-state index in [0.29, 0.717) is 0 Å². The maximum absolute atomic E-state index is 10.9. The summed E-state index contributed by atoms with van der Waals surface area (Å²) in [5.41, 5.74) is 4.00. The van der Waals surface area contributed by atoms with Gasteiger partial charge in [-0.25, -0.2) is 9.78 Å². The standard InChI is InChI=1S/C16H15N3O/c1-11-16(18-10-17-11)13(7-8-20)15-9-12-5-3-4-6-14(12)19(15)2/h3-7,9-10,13H,1-2H3,(H,17,18). The molecule has 1 atom stereocenters. The number of aromatic amines is 1. The van der Waals surface area contributed by atoms with Gasteiger partial charge in [-0.15, -0.1) is 0 Å². The molecule has 1 unspecified atom stereocenters. The van der Waals surface area contributed by atoms with Crippen LogP contribution in [0.2, 0.25) is 0 Å². The van der Waals surface area contributed by atoms with Crippen molar-refractivity contribution in [3.8, 4) is 0 Å². The van der Waals surface area contributed by atoms with Crippen LogP contribution in [0.3, 0.4) is 0 Å². The zero-order valence-electron chi connectivity index (χ0n) is 11.4. The Balaban J connectivity index is 2.22. The molecule has 20 heavy (non-hydrogen) atoms. The van der Waals surface area contributed by atoms with E-state index in [4.69, 9.17) is 0 Å². The maximum Gasteiger partial charge on any atom is 0.121 e. The van der Waals surface area contributed by atoms with Crippen LogP contribution in [0, 0.1) is 6.92 Å². The minimum atomic E-state index is -0.184. The Kier molecular flexibility index (Phi) is 3.01. The third-order valence-corrected chi connectivity index (χ3v) is 3.71. The molecule has 1 N–H and O–H groups in total. The molecule has 3 aromatic rings. The summed E-state index contributed by atoms with van der Waals surface area (Å²) in [5, 5.41) is 1.16. The molecular formula is C16H15N3O. The Morgan fingerprint density at radius 2 is 2.20 bits per heavy atom. The van der Waals surface area contributed by atoms with E-state index in [-0.39, 0.29) is 5.92 Å². The normalized spacial score (nSPS) is 12.3. The number of allylic oxidation sites excluding steroid dienone is 1. The number of hydrogen-bond donors (Lipinski definition) is 1. The van der Waals surface area contributed by atoms with Crippen LogP contribution in [0.5, 0.6) is 0 Å². The van der Waals surface area contributed by atoms with Crippen molar-refractivity contribution in [2.24, 2.45) is 7.05 Å². The van der Waals surface area contributed by atoms with Crippen LogP contribution in [0.1, 0.15) is 23.0 Å². The van der Waals surface area contributed by atoms with Crippen molar-refractivity contribution >= 4 is 16.8 Å². The molecule has 4 nitrogen and oxygen atoms in total. The SMILES string of the molecule is Cc1[nH]cnc1C(C=C=O)c1cc2ccccc2n1C. The number of hydrogen-bond acceptors (Lipinski definition) is 2. The molecule has 0 spiro atoms. The Bertz CT molecular complexity index is 806. The molecular weight excluding hydrogens is 250 g/mol. The number of H-pyrrole nitrogens is 1. The summed E-state index contributed by atoms with van der Waals surface area (Å²) in [7, 11) is 2.01. The molecule has 100 valence electrons. The lowest BCUT2D eigenvalue weighted by atomic mass is 10.00. The van der Waals surface area contributed by atoms with E-state index in [0.717, 1.165) is 28.0 Å². The number of carbonyl (C=O) groups excluding carboxylic acids is 1. The van der Waals surface area contributed by atoms with Crippen LogP contribution in [0.25, 0.3) is 10.9 Å². The van der Waals surface area contributed by atoms with E-state index in [9.17, 15) is 4.79 Å². The van der Waals surface area contributed by atoms with E-state index in [1.807, 2.05) is 32.0 Å². The lowest BCUT2D eigenvalue weighted by Crippen LogP contribution is -2.06. The minimum Gasteiger partial charge on any atom is -0.348 e. The van der Waals surface area contributed by atoms with Gasteiger partial charge in [0, 0.05) is 30.0 Å². The van der Waals surface area contributed by atoms with E-state index in [1.54, 1.807) is 6.33 Å². The first-order valence-electron chi connectivity index (χ1n) is 6.47. The van der Waals surface area contributed by atoms with Gasteiger partial charge >= 0.3 is 0 Å². The van der Waals surface area contributed by atoms with Gasteiger partial charge in [-0.1, -0.05) is 18.2 Å². The molecule has 0 aliphatic rings. The van der Waals surface area contributed by atoms with Crippen LogP contribution in [-0.2, 0) is 11.8 Å². The molecule has 3 rings (SSSR count). The first-order chi connectivity index (χ1) is 9.72. The monoisotopic (exact) mass is 265 g/mol. The Labute approximate surface area is 116 Å². The van der Waals surface area contributed by atoms with Crippen molar-refractivity contribution in [2.45, 2.75) is 12.8 Å². The Morgan fingerprint density at radius 3 is 2.85 bits per heavy atom. The van der Waals surface area contributed by atoms with Gasteiger partial charge in [-0.2, -0.15) is 0 Å². The average Bonchev–Trinajstić information content (AvgIpc) is 3.01. The fourth-order valence-electron chi connectivity index (χ4n) is 2.66. The molecule has 0 saturated heterocycles. The fourth-order valence-corrected chi connectivity index (χ4v) is 2.66. The van der Waals surface area contributed by atoms with Crippen molar-refractivity contribution in [3.05, 3.63) is 59.8 Å². The lowest BCUT2D eigenvalue weighted by molar-refractivity contribution is 0.567. The Hall–Kier alpha value is -2.58. The maximum atomic E-state index is 10.9. The van der Waals surface area contributed by atoms with E-state index in [1.165, 1.54) is 6.08 Å². The van der Waals surface area contributed by atoms with Gasteiger partial charge < -0.3 is 9.55 Å². The number of imidazole rings is 1. The van der Waals surface area contributed by atoms with Gasteiger partial charge in [0.15, 0.2) is 0 Å². The molecule has 0 saturated carbocycles. The molecule has 0 fully saturated rings. The summed E-state index contributed by atoms with van der Waals surface area (Å²) in [6.45, 7) is 1.95. The van der Waals surface area contributed by atoms with Crippen LogP contribution in [0.4, 0.5) is 0 Å². The lowest BCUT2D eigenvalue weighted by Gasteiger charge is -2.12. The number of para-hydroxylation sites is 1. The number of aryl methyl sites for hydroxylation is 2. The van der Waals surface area contributed by atoms with Crippen molar-refractivity contribution in [1.29, 1.82) is 0 Å². The summed E-state index contributed by atoms with van der Waals surface area (Å²) in [6, 6.07) is 10.3. The summed E-state index contributed by atoms with van der Waals surface area (Å²) in [4.78, 5) is 18.3. The highest BCUT2D eigenvalue weighted by Gasteiger charge is 2.20. The van der Waals surface area contributed by atoms with Gasteiger partial charge in [0.1, 0.15) is 5.94 Å². The van der Waals surface area contributed by atoms with E-state index in [2.05, 4.69) is 32.7 Å². The third-order valence-electron chi connectivity index (χ3n) is 3.71. The second-order valence-corrected chi connectivity index (χ2v) is 4.86. The molecule has 0 bridgehead atoms. The van der Waals surface area contributed by atoms with Crippen molar-refractivity contribution < 1.29 is 4.79 Å². The smallest absolute Gasteiger partial charge is 0.121 e. The third kappa shape index (κ3) is 1.87. The number of benzene rings is 1. The van der Waals surface area contributed by atoms with Crippen LogP contribution in [0.15, 0.2) is 42.7 Å². The van der Waals surface area contributed by atoms with Gasteiger partial charge in [0.25, 0.3) is 0 Å². The predicted molar refractivity (Wildman–Crippen MR) is 78.4 cm³/mol. The molecule has 4 heteroatoms. The van der Waals surface area contributed by atoms with Gasteiger partial charge in [-0.05, 0) is 24.4 Å². The van der Waals surface area contributed by atoms with Crippen LogP contribution in [-0.4, -0.2) is 20.5 Å². The predicted octanol–water partition coefficient (Wildman–Crippen LogP) is 2.73. The highest BCUT2D eigenvalue weighted by molar-refractivity contribution is 5.81. The number of rotatable bonds is 3. The second-order valence-electron chi connectivity index (χ2n) is 4.86. The zero-order valence-corrected chi connectivity index (χ0v) is 11.4. The van der Waals surface area contributed by atoms with Crippen molar-refractivity contribution in [3.63, 3.8) is 0 Å². The molecule has 0 radical (unpaired) electrons. The minimum absolute atomic E-state index is 0.184. The number of aromatic nitrogens is 3. The molecule has 2 heterocycles. The van der Waals surface area contributed by atoms with E-state index < -0.39 is 0 Å². The highest BCUT2D eigenvalue weighted by Crippen LogP contribution is 2.30. The fraction of sp³-hybridized carbons (Fsp3) is 0.188. The van der Waals surface area contributed by atoms with Crippen LogP contribution < -0.4 is 0 Å².